The van der Waals surface area contributed by atoms with Gasteiger partial charge in [-0.05, 0) is 40.8 Å². The van der Waals surface area contributed by atoms with Gasteiger partial charge in [0.1, 0.15) is 11.8 Å². The average molecular weight is 285 g/mol. The molecule has 104 valence electrons. The first-order chi connectivity index (χ1) is 10.8. The second-order valence-electron chi connectivity index (χ2n) is 4.99. The molecule has 5 heteroatoms. The second kappa shape index (κ2) is 4.86. The molecule has 2 N–H and O–H groups in total. The Morgan fingerprint density at radius 1 is 0.909 bits per heavy atom. The summed E-state index contributed by atoms with van der Waals surface area (Å²) in [5.41, 5.74) is 5.06. The zero-order valence-corrected chi connectivity index (χ0v) is 11.5. The Kier molecular flexibility index (Phi) is 2.73. The molecule has 2 heterocycles. The van der Waals surface area contributed by atoms with Crippen molar-refractivity contribution in [1.82, 2.24) is 20.4 Å². The van der Waals surface area contributed by atoms with Gasteiger partial charge in [-0.1, -0.05) is 24.3 Å². The van der Waals surface area contributed by atoms with Gasteiger partial charge in [-0.2, -0.15) is 15.6 Å². The smallest absolute Gasteiger partial charge is 0.190 e. The van der Waals surface area contributed by atoms with Crippen LogP contribution in [-0.4, -0.2) is 20.4 Å². The molecule has 0 saturated heterocycles. The van der Waals surface area contributed by atoms with E-state index in [0.29, 0.717) is 11.4 Å². The van der Waals surface area contributed by atoms with Crippen molar-refractivity contribution in [1.29, 1.82) is 5.26 Å². The summed E-state index contributed by atoms with van der Waals surface area (Å²) in [5, 5.41) is 20.7. The molecule has 0 bridgehead atoms. The number of aromatic nitrogens is 4. The molecule has 4 rings (SSSR count). The van der Waals surface area contributed by atoms with Crippen LogP contribution in [0.3, 0.4) is 0 Å². The minimum atomic E-state index is 0.304. The Morgan fingerprint density at radius 2 is 1.77 bits per heavy atom. The number of nitriles is 1. The summed E-state index contributed by atoms with van der Waals surface area (Å²) in [6.45, 7) is 0. The van der Waals surface area contributed by atoms with Gasteiger partial charge in [0.15, 0.2) is 5.69 Å². The fourth-order valence-corrected chi connectivity index (χ4v) is 2.59. The first-order valence-corrected chi connectivity index (χ1v) is 6.84. The summed E-state index contributed by atoms with van der Waals surface area (Å²) in [6.07, 6.45) is 1.93. The number of hydrogen-bond donors (Lipinski definition) is 2. The Balaban J connectivity index is 1.83. The van der Waals surface area contributed by atoms with E-state index in [-0.39, 0.29) is 0 Å². The lowest BCUT2D eigenvalue weighted by Crippen LogP contribution is -1.84. The van der Waals surface area contributed by atoms with Gasteiger partial charge in [0.25, 0.3) is 0 Å². The highest BCUT2D eigenvalue weighted by molar-refractivity contribution is 5.85. The number of H-pyrrole nitrogens is 2. The number of rotatable bonds is 2. The van der Waals surface area contributed by atoms with Gasteiger partial charge in [-0.3, -0.25) is 0 Å². The van der Waals surface area contributed by atoms with Crippen LogP contribution in [-0.2, 0) is 0 Å². The molecule has 0 fully saturated rings. The van der Waals surface area contributed by atoms with Crippen molar-refractivity contribution in [2.24, 2.45) is 0 Å². The topological polar surface area (TPSA) is 81.2 Å². The van der Waals surface area contributed by atoms with Crippen LogP contribution >= 0.6 is 0 Å². The number of hydrogen-bond acceptors (Lipinski definition) is 3. The van der Waals surface area contributed by atoms with Crippen LogP contribution in [0.4, 0.5) is 0 Å². The van der Waals surface area contributed by atoms with E-state index >= 15 is 0 Å². The van der Waals surface area contributed by atoms with Crippen molar-refractivity contribution in [3.63, 3.8) is 0 Å². The third-order valence-corrected chi connectivity index (χ3v) is 3.68. The SMILES string of the molecule is N#Cc1n[nH]nc1-c1cccc(-c2ccc3[nH]ccc3c2)c1. The quantitative estimate of drug-likeness (QED) is 0.591. The normalized spacial score (nSPS) is 10.7. The molecule has 22 heavy (non-hydrogen) atoms. The Bertz CT molecular complexity index is 1000. The lowest BCUT2D eigenvalue weighted by atomic mass is 10.0. The predicted molar refractivity (Wildman–Crippen MR) is 83.8 cm³/mol. The third-order valence-electron chi connectivity index (χ3n) is 3.68. The van der Waals surface area contributed by atoms with E-state index in [9.17, 15) is 0 Å². The average Bonchev–Trinajstić information content (AvgIpc) is 3.23. The van der Waals surface area contributed by atoms with Gasteiger partial charge >= 0.3 is 0 Å². The monoisotopic (exact) mass is 285 g/mol. The first kappa shape index (κ1) is 12.4. The van der Waals surface area contributed by atoms with Crippen molar-refractivity contribution in [2.75, 3.05) is 0 Å². The van der Waals surface area contributed by atoms with Crippen LogP contribution in [0.15, 0.2) is 54.7 Å². The van der Waals surface area contributed by atoms with Crippen LogP contribution in [0.5, 0.6) is 0 Å². The highest BCUT2D eigenvalue weighted by atomic mass is 15.3. The summed E-state index contributed by atoms with van der Waals surface area (Å²) >= 11 is 0. The van der Waals surface area contributed by atoms with Gasteiger partial charge in [0.2, 0.25) is 0 Å². The van der Waals surface area contributed by atoms with Gasteiger partial charge in [-0.25, -0.2) is 0 Å². The highest BCUT2D eigenvalue weighted by Gasteiger charge is 2.10. The van der Waals surface area contributed by atoms with Gasteiger partial charge < -0.3 is 4.98 Å². The van der Waals surface area contributed by atoms with Crippen molar-refractivity contribution in [2.45, 2.75) is 0 Å². The standard InChI is InChI=1S/C17H11N5/c18-10-16-17(21-22-20-16)14-3-1-2-11(9-14)12-4-5-15-13(8-12)6-7-19-15/h1-9,19H,(H,20,21,22). The first-order valence-electron chi connectivity index (χ1n) is 6.84. The van der Waals surface area contributed by atoms with E-state index in [0.717, 1.165) is 22.2 Å². The van der Waals surface area contributed by atoms with E-state index < -0.39 is 0 Å². The molecule has 0 radical (unpaired) electrons. The lowest BCUT2D eigenvalue weighted by Gasteiger charge is -2.04. The zero-order valence-electron chi connectivity index (χ0n) is 11.5. The van der Waals surface area contributed by atoms with Crippen LogP contribution in [0.25, 0.3) is 33.3 Å². The maximum absolute atomic E-state index is 9.07. The Morgan fingerprint density at radius 3 is 2.68 bits per heavy atom. The maximum atomic E-state index is 9.07. The van der Waals surface area contributed by atoms with Crippen LogP contribution < -0.4 is 0 Å². The minimum Gasteiger partial charge on any atom is -0.361 e. The number of benzene rings is 2. The van der Waals surface area contributed by atoms with Crippen molar-refractivity contribution in [3.05, 3.63) is 60.4 Å². The second-order valence-corrected chi connectivity index (χ2v) is 4.99. The number of nitrogens with one attached hydrogen (secondary N) is 2. The van der Waals surface area contributed by atoms with E-state index in [1.807, 2.05) is 42.6 Å². The Hall–Kier alpha value is -3.39. The summed E-state index contributed by atoms with van der Waals surface area (Å²) < 4.78 is 0. The van der Waals surface area contributed by atoms with E-state index in [4.69, 9.17) is 5.26 Å². The maximum Gasteiger partial charge on any atom is 0.190 e. The summed E-state index contributed by atoms with van der Waals surface area (Å²) in [5.74, 6) is 0. The van der Waals surface area contributed by atoms with Gasteiger partial charge in [-0.15, -0.1) is 5.10 Å². The largest absolute Gasteiger partial charge is 0.361 e. The number of fused-ring (bicyclic) bond motifs is 1. The summed E-state index contributed by atoms with van der Waals surface area (Å²) in [4.78, 5) is 3.19. The van der Waals surface area contributed by atoms with Crippen molar-refractivity contribution >= 4 is 10.9 Å². The van der Waals surface area contributed by atoms with E-state index in [2.05, 4.69) is 38.6 Å². The van der Waals surface area contributed by atoms with Crippen LogP contribution in [0.1, 0.15) is 5.69 Å². The van der Waals surface area contributed by atoms with E-state index in [1.54, 1.807) is 0 Å². The highest BCUT2D eigenvalue weighted by Crippen LogP contribution is 2.28. The molecule has 2 aromatic heterocycles. The van der Waals surface area contributed by atoms with Crippen molar-refractivity contribution in [3.8, 4) is 28.5 Å². The van der Waals surface area contributed by atoms with Crippen molar-refractivity contribution < 1.29 is 0 Å². The minimum absolute atomic E-state index is 0.304. The summed E-state index contributed by atoms with van der Waals surface area (Å²) in [7, 11) is 0. The Labute approximate surface area is 126 Å². The molecule has 0 unspecified atom stereocenters. The molecule has 0 spiro atoms. The molecule has 0 aliphatic carbocycles. The molecule has 0 amide bonds. The predicted octanol–water partition coefficient (Wildman–Crippen LogP) is 3.49. The van der Waals surface area contributed by atoms with Gasteiger partial charge in [0, 0.05) is 17.3 Å². The molecule has 0 aliphatic rings. The van der Waals surface area contributed by atoms with E-state index in [1.165, 1.54) is 5.39 Å². The lowest BCUT2D eigenvalue weighted by molar-refractivity contribution is 0.937. The fraction of sp³-hybridized carbons (Fsp3) is 0. The van der Waals surface area contributed by atoms with Crippen LogP contribution in [0.2, 0.25) is 0 Å². The molecular weight excluding hydrogens is 274 g/mol. The molecule has 0 atom stereocenters. The van der Waals surface area contributed by atoms with Gasteiger partial charge in [0.05, 0.1) is 0 Å². The molecule has 4 aromatic rings. The zero-order chi connectivity index (χ0) is 14.9. The molecular formula is C17H11N5. The third kappa shape index (κ3) is 1.95. The molecule has 2 aromatic carbocycles. The number of aromatic amines is 2. The molecule has 0 aliphatic heterocycles. The fourth-order valence-electron chi connectivity index (χ4n) is 2.59. The molecule has 0 saturated carbocycles. The molecule has 5 nitrogen and oxygen atoms in total. The number of nitrogens with zero attached hydrogens (tertiary/aromatic N) is 3. The van der Waals surface area contributed by atoms with Crippen LogP contribution in [0, 0.1) is 11.3 Å². The summed E-state index contributed by atoms with van der Waals surface area (Å²) in [6, 6.07) is 18.3.